The molecule has 0 spiro atoms. The van der Waals surface area contributed by atoms with Crippen molar-refractivity contribution in [2.24, 2.45) is 0 Å². The van der Waals surface area contributed by atoms with Gasteiger partial charge in [0.1, 0.15) is 0 Å². The number of carbonyl (C=O) groups excluding carboxylic acids is 1. The highest BCUT2D eigenvalue weighted by Crippen LogP contribution is 2.23. The second kappa shape index (κ2) is 6.34. The number of rotatable bonds is 5. The van der Waals surface area contributed by atoms with Crippen molar-refractivity contribution in [2.45, 2.75) is 23.9 Å². The molecule has 1 amide bonds. The highest BCUT2D eigenvalue weighted by molar-refractivity contribution is 7.90. The zero-order valence-electron chi connectivity index (χ0n) is 11.3. The normalized spacial score (nSPS) is 12.0. The SMILES string of the molecule is CS(=O)(=O)c1cc(NC(=O)CCC(F)(F)F)cc(C(=O)O)c1. The molecule has 1 rings (SSSR count). The number of anilines is 1. The number of carboxylic acids is 1. The van der Waals surface area contributed by atoms with E-state index in [4.69, 9.17) is 5.11 Å². The van der Waals surface area contributed by atoms with Gasteiger partial charge in [0.25, 0.3) is 0 Å². The van der Waals surface area contributed by atoms with Crippen LogP contribution in [0.1, 0.15) is 23.2 Å². The third-order valence-electron chi connectivity index (χ3n) is 2.50. The van der Waals surface area contributed by atoms with Gasteiger partial charge in [0, 0.05) is 18.4 Å². The van der Waals surface area contributed by atoms with E-state index in [1.807, 2.05) is 0 Å². The number of carboxylic acid groups (broad SMARTS) is 1. The van der Waals surface area contributed by atoms with Crippen LogP contribution in [0.15, 0.2) is 23.1 Å². The molecular weight excluding hydrogens is 327 g/mol. The van der Waals surface area contributed by atoms with E-state index >= 15 is 0 Å². The fourth-order valence-corrected chi connectivity index (χ4v) is 2.17. The summed E-state index contributed by atoms with van der Waals surface area (Å²) in [4.78, 5) is 21.9. The summed E-state index contributed by atoms with van der Waals surface area (Å²) in [7, 11) is -3.75. The molecule has 0 bridgehead atoms. The van der Waals surface area contributed by atoms with Crippen LogP contribution < -0.4 is 5.32 Å². The summed E-state index contributed by atoms with van der Waals surface area (Å²) in [5, 5.41) is 10.9. The van der Waals surface area contributed by atoms with E-state index in [1.165, 1.54) is 0 Å². The molecule has 0 aliphatic heterocycles. The summed E-state index contributed by atoms with van der Waals surface area (Å²) in [5.74, 6) is -2.43. The van der Waals surface area contributed by atoms with Crippen LogP contribution in [0.4, 0.5) is 18.9 Å². The van der Waals surface area contributed by atoms with Crippen LogP contribution in [0.25, 0.3) is 0 Å². The van der Waals surface area contributed by atoms with E-state index in [0.29, 0.717) is 0 Å². The summed E-state index contributed by atoms with van der Waals surface area (Å²) >= 11 is 0. The Labute approximate surface area is 123 Å². The largest absolute Gasteiger partial charge is 0.478 e. The third-order valence-corrected chi connectivity index (χ3v) is 3.59. The number of benzene rings is 1. The van der Waals surface area contributed by atoms with Crippen molar-refractivity contribution in [3.05, 3.63) is 23.8 Å². The Morgan fingerprint density at radius 1 is 1.23 bits per heavy atom. The zero-order chi connectivity index (χ0) is 17.1. The minimum absolute atomic E-state index is 0.201. The Balaban J connectivity index is 3.02. The van der Waals surface area contributed by atoms with Crippen LogP contribution >= 0.6 is 0 Å². The first-order valence-electron chi connectivity index (χ1n) is 5.83. The van der Waals surface area contributed by atoms with Crippen LogP contribution in [-0.4, -0.2) is 37.8 Å². The minimum Gasteiger partial charge on any atom is -0.478 e. The maximum atomic E-state index is 12.0. The first-order chi connectivity index (χ1) is 9.88. The van der Waals surface area contributed by atoms with Crippen molar-refractivity contribution in [1.82, 2.24) is 0 Å². The molecule has 0 heterocycles. The van der Waals surface area contributed by atoms with Crippen molar-refractivity contribution < 1.29 is 36.3 Å². The van der Waals surface area contributed by atoms with Gasteiger partial charge in [-0.15, -0.1) is 0 Å². The van der Waals surface area contributed by atoms with Crippen LogP contribution in [0.5, 0.6) is 0 Å². The molecule has 0 fully saturated rings. The highest BCUT2D eigenvalue weighted by atomic mass is 32.2. The quantitative estimate of drug-likeness (QED) is 0.855. The molecule has 2 N–H and O–H groups in total. The Hall–Kier alpha value is -2.10. The molecule has 0 aliphatic rings. The predicted molar refractivity (Wildman–Crippen MR) is 70.4 cm³/mol. The average Bonchev–Trinajstić information content (AvgIpc) is 2.34. The monoisotopic (exact) mass is 339 g/mol. The summed E-state index contributed by atoms with van der Waals surface area (Å²) in [6.07, 6.45) is -5.85. The topological polar surface area (TPSA) is 101 Å². The zero-order valence-corrected chi connectivity index (χ0v) is 12.1. The van der Waals surface area contributed by atoms with Gasteiger partial charge in [0.05, 0.1) is 16.9 Å². The van der Waals surface area contributed by atoms with Crippen LogP contribution in [0.3, 0.4) is 0 Å². The highest BCUT2D eigenvalue weighted by Gasteiger charge is 2.28. The van der Waals surface area contributed by atoms with Crippen molar-refractivity contribution >= 4 is 27.4 Å². The van der Waals surface area contributed by atoms with Gasteiger partial charge in [0.15, 0.2) is 9.84 Å². The fourth-order valence-electron chi connectivity index (χ4n) is 1.49. The maximum absolute atomic E-state index is 12.0. The van der Waals surface area contributed by atoms with Gasteiger partial charge >= 0.3 is 12.1 Å². The van der Waals surface area contributed by atoms with Gasteiger partial charge in [0.2, 0.25) is 5.91 Å². The molecule has 0 radical (unpaired) electrons. The molecule has 1 aromatic rings. The number of sulfone groups is 1. The first kappa shape index (κ1) is 18.0. The number of hydrogen-bond donors (Lipinski definition) is 2. The molecule has 10 heteroatoms. The van der Waals surface area contributed by atoms with Crippen molar-refractivity contribution in [3.63, 3.8) is 0 Å². The molecule has 0 saturated heterocycles. The number of carbonyl (C=O) groups is 2. The third kappa shape index (κ3) is 5.72. The standard InChI is InChI=1S/C12H12F3NO5S/c1-22(20,21)9-5-7(11(18)19)4-8(6-9)16-10(17)2-3-12(13,14)15/h4-6H,2-3H2,1H3,(H,16,17)(H,18,19). The lowest BCUT2D eigenvalue weighted by Crippen LogP contribution is -2.17. The lowest BCUT2D eigenvalue weighted by Gasteiger charge is -2.09. The average molecular weight is 339 g/mol. The van der Waals surface area contributed by atoms with E-state index in [9.17, 15) is 31.2 Å². The molecular formula is C12H12F3NO5S. The van der Waals surface area contributed by atoms with Crippen molar-refractivity contribution in [3.8, 4) is 0 Å². The molecule has 0 unspecified atom stereocenters. The maximum Gasteiger partial charge on any atom is 0.389 e. The summed E-state index contributed by atoms with van der Waals surface area (Å²) in [5.41, 5.74) is -0.610. The van der Waals surface area contributed by atoms with E-state index in [0.717, 1.165) is 24.5 Å². The summed E-state index contributed by atoms with van der Waals surface area (Å²) in [6, 6.07) is 2.83. The van der Waals surface area contributed by atoms with E-state index < -0.39 is 46.3 Å². The lowest BCUT2D eigenvalue weighted by atomic mass is 10.2. The van der Waals surface area contributed by atoms with Gasteiger partial charge in [-0.25, -0.2) is 13.2 Å². The molecule has 0 aromatic heterocycles. The molecule has 0 atom stereocenters. The predicted octanol–water partition coefficient (Wildman–Crippen LogP) is 2.07. The van der Waals surface area contributed by atoms with Gasteiger partial charge < -0.3 is 10.4 Å². The summed E-state index contributed by atoms with van der Waals surface area (Å²) < 4.78 is 58.9. The van der Waals surface area contributed by atoms with Crippen LogP contribution in [-0.2, 0) is 14.6 Å². The second-order valence-corrected chi connectivity index (χ2v) is 6.50. The van der Waals surface area contributed by atoms with E-state index in [1.54, 1.807) is 0 Å². The number of nitrogens with one attached hydrogen (secondary N) is 1. The molecule has 122 valence electrons. The smallest absolute Gasteiger partial charge is 0.389 e. The van der Waals surface area contributed by atoms with Gasteiger partial charge in [-0.1, -0.05) is 0 Å². The molecule has 1 aromatic carbocycles. The Bertz CT molecular complexity index is 697. The van der Waals surface area contributed by atoms with E-state index in [2.05, 4.69) is 5.32 Å². The van der Waals surface area contributed by atoms with Crippen molar-refractivity contribution in [1.29, 1.82) is 0 Å². The van der Waals surface area contributed by atoms with Gasteiger partial charge in [-0.2, -0.15) is 13.2 Å². The summed E-state index contributed by atoms with van der Waals surface area (Å²) in [6.45, 7) is 0. The molecule has 0 saturated carbocycles. The van der Waals surface area contributed by atoms with Crippen LogP contribution in [0.2, 0.25) is 0 Å². The van der Waals surface area contributed by atoms with Gasteiger partial charge in [-0.3, -0.25) is 4.79 Å². The van der Waals surface area contributed by atoms with Crippen LogP contribution in [0, 0.1) is 0 Å². The Kier molecular flexibility index (Phi) is 5.17. The van der Waals surface area contributed by atoms with E-state index in [-0.39, 0.29) is 10.6 Å². The van der Waals surface area contributed by atoms with Crippen molar-refractivity contribution in [2.75, 3.05) is 11.6 Å². The fraction of sp³-hybridized carbons (Fsp3) is 0.333. The number of aromatic carboxylic acids is 1. The minimum atomic E-state index is -4.50. The number of hydrogen-bond acceptors (Lipinski definition) is 4. The number of halogens is 3. The van der Waals surface area contributed by atoms with Gasteiger partial charge in [-0.05, 0) is 18.2 Å². The Morgan fingerprint density at radius 3 is 2.27 bits per heavy atom. The Morgan fingerprint density at radius 2 is 1.82 bits per heavy atom. The number of alkyl halides is 3. The second-order valence-electron chi connectivity index (χ2n) is 4.49. The molecule has 22 heavy (non-hydrogen) atoms. The first-order valence-corrected chi connectivity index (χ1v) is 7.73. The number of amides is 1. The molecule has 6 nitrogen and oxygen atoms in total. The lowest BCUT2D eigenvalue weighted by molar-refractivity contribution is -0.142. The molecule has 0 aliphatic carbocycles.